The van der Waals surface area contributed by atoms with E-state index in [9.17, 15) is 4.79 Å². The Balaban J connectivity index is 1.74. The fourth-order valence-electron chi connectivity index (χ4n) is 1.91. The van der Waals surface area contributed by atoms with E-state index in [0.717, 1.165) is 5.56 Å². The molecule has 2 aromatic heterocycles. The third-order valence-electron chi connectivity index (χ3n) is 3.08. The second-order valence-electron chi connectivity index (χ2n) is 4.94. The van der Waals surface area contributed by atoms with E-state index in [1.807, 2.05) is 31.2 Å². The Kier molecular flexibility index (Phi) is 3.65. The number of hydrogen-bond donors (Lipinski definition) is 1. The topological polar surface area (TPSA) is 80.9 Å². The summed E-state index contributed by atoms with van der Waals surface area (Å²) in [6.45, 7) is 3.75. The first kappa shape index (κ1) is 13.9. The van der Waals surface area contributed by atoms with Crippen LogP contribution in [-0.2, 0) is 0 Å². The van der Waals surface area contributed by atoms with E-state index in [1.165, 1.54) is 5.56 Å². The van der Waals surface area contributed by atoms with Crippen molar-refractivity contribution in [3.05, 3.63) is 59.7 Å². The van der Waals surface area contributed by atoms with E-state index in [1.54, 1.807) is 25.4 Å². The Morgan fingerprint density at radius 1 is 1.09 bits per heavy atom. The number of carbonyl (C=O) groups excluding carboxylic acids is 1. The number of anilines is 1. The highest BCUT2D eigenvalue weighted by molar-refractivity contribution is 6.02. The van der Waals surface area contributed by atoms with Crippen molar-refractivity contribution in [2.24, 2.45) is 0 Å². The first-order valence-electron chi connectivity index (χ1n) is 6.75. The van der Waals surface area contributed by atoms with Gasteiger partial charge in [0.1, 0.15) is 5.76 Å². The van der Waals surface area contributed by atoms with E-state index >= 15 is 0 Å². The molecule has 0 radical (unpaired) electrons. The van der Waals surface area contributed by atoms with Gasteiger partial charge in [-0.05, 0) is 13.8 Å². The van der Waals surface area contributed by atoms with Crippen LogP contribution in [0.1, 0.15) is 21.8 Å². The Bertz CT molecular complexity index is 792. The molecule has 0 aliphatic carbocycles. The predicted molar refractivity (Wildman–Crippen MR) is 81.4 cm³/mol. The summed E-state index contributed by atoms with van der Waals surface area (Å²) in [6.07, 6.45) is 3.13. The van der Waals surface area contributed by atoms with E-state index in [2.05, 4.69) is 20.4 Å². The van der Waals surface area contributed by atoms with Gasteiger partial charge in [0.05, 0.1) is 18.1 Å². The molecule has 0 aliphatic heterocycles. The number of rotatable bonds is 3. The maximum absolute atomic E-state index is 11.9. The van der Waals surface area contributed by atoms with Gasteiger partial charge in [0.2, 0.25) is 0 Å². The third kappa shape index (κ3) is 3.01. The fraction of sp³-hybridized carbons (Fsp3) is 0.125. The zero-order valence-electron chi connectivity index (χ0n) is 12.2. The molecule has 1 N–H and O–H groups in total. The molecule has 3 aromatic rings. The Morgan fingerprint density at radius 3 is 2.36 bits per heavy atom. The molecule has 1 aromatic carbocycles. The summed E-state index contributed by atoms with van der Waals surface area (Å²) in [6, 6.07) is 9.49. The van der Waals surface area contributed by atoms with Crippen molar-refractivity contribution in [3.8, 4) is 11.4 Å². The molecule has 0 atom stereocenters. The number of aryl methyl sites for hydroxylation is 2. The molecule has 0 saturated heterocycles. The molecule has 6 nitrogen and oxygen atoms in total. The van der Waals surface area contributed by atoms with Crippen molar-refractivity contribution in [2.75, 3.05) is 5.32 Å². The summed E-state index contributed by atoms with van der Waals surface area (Å²) < 4.78 is 4.87. The van der Waals surface area contributed by atoms with Crippen molar-refractivity contribution in [1.82, 2.24) is 15.1 Å². The Hall–Kier alpha value is -3.02. The number of benzene rings is 1. The van der Waals surface area contributed by atoms with Crippen molar-refractivity contribution < 1.29 is 9.32 Å². The van der Waals surface area contributed by atoms with E-state index in [-0.39, 0.29) is 11.6 Å². The highest BCUT2D eigenvalue weighted by Crippen LogP contribution is 2.16. The lowest BCUT2D eigenvalue weighted by atomic mass is 10.1. The lowest BCUT2D eigenvalue weighted by Gasteiger charge is -2.04. The maximum atomic E-state index is 11.9. The van der Waals surface area contributed by atoms with Crippen molar-refractivity contribution in [1.29, 1.82) is 0 Å². The number of aromatic nitrogens is 3. The van der Waals surface area contributed by atoms with Crippen LogP contribution in [0.5, 0.6) is 0 Å². The van der Waals surface area contributed by atoms with Crippen LogP contribution >= 0.6 is 0 Å². The van der Waals surface area contributed by atoms with Gasteiger partial charge in [0.15, 0.2) is 11.5 Å². The fourth-order valence-corrected chi connectivity index (χ4v) is 1.91. The minimum absolute atomic E-state index is 0.222. The minimum Gasteiger partial charge on any atom is -0.361 e. The summed E-state index contributed by atoms with van der Waals surface area (Å²) in [5.41, 5.74) is 2.83. The zero-order chi connectivity index (χ0) is 15.5. The molecule has 0 bridgehead atoms. The Labute approximate surface area is 127 Å². The van der Waals surface area contributed by atoms with Gasteiger partial charge in [-0.3, -0.25) is 4.79 Å². The van der Waals surface area contributed by atoms with Gasteiger partial charge in [0.25, 0.3) is 5.91 Å². The van der Waals surface area contributed by atoms with Crippen LogP contribution < -0.4 is 5.32 Å². The standard InChI is InChI=1S/C16H14N4O2/c1-10-3-5-12(6-4-10)15-17-8-13(9-18-15)19-16(21)14-7-11(2)22-20-14/h3-9H,1-2H3,(H,19,21). The molecule has 1 amide bonds. The summed E-state index contributed by atoms with van der Waals surface area (Å²) in [4.78, 5) is 20.5. The van der Waals surface area contributed by atoms with Crippen molar-refractivity contribution in [3.63, 3.8) is 0 Å². The summed E-state index contributed by atoms with van der Waals surface area (Å²) in [5, 5.41) is 6.33. The second kappa shape index (κ2) is 5.77. The van der Waals surface area contributed by atoms with Gasteiger partial charge in [-0.2, -0.15) is 0 Å². The number of hydrogen-bond acceptors (Lipinski definition) is 5. The van der Waals surface area contributed by atoms with Gasteiger partial charge < -0.3 is 9.84 Å². The van der Waals surface area contributed by atoms with Gasteiger partial charge in [-0.25, -0.2) is 9.97 Å². The molecule has 0 saturated carbocycles. The van der Waals surface area contributed by atoms with E-state index < -0.39 is 0 Å². The molecule has 0 fully saturated rings. The van der Waals surface area contributed by atoms with Crippen LogP contribution in [-0.4, -0.2) is 21.0 Å². The summed E-state index contributed by atoms with van der Waals surface area (Å²) in [5.74, 6) is 0.829. The van der Waals surface area contributed by atoms with Gasteiger partial charge in [-0.1, -0.05) is 35.0 Å². The summed E-state index contributed by atoms with van der Waals surface area (Å²) >= 11 is 0. The third-order valence-corrected chi connectivity index (χ3v) is 3.08. The number of carbonyl (C=O) groups is 1. The molecule has 22 heavy (non-hydrogen) atoms. The average molecular weight is 294 g/mol. The molecule has 3 rings (SSSR count). The Morgan fingerprint density at radius 2 is 1.77 bits per heavy atom. The maximum Gasteiger partial charge on any atom is 0.277 e. The lowest BCUT2D eigenvalue weighted by molar-refractivity contribution is 0.101. The van der Waals surface area contributed by atoms with Crippen LogP contribution in [0.2, 0.25) is 0 Å². The normalized spacial score (nSPS) is 10.5. The van der Waals surface area contributed by atoms with Crippen molar-refractivity contribution >= 4 is 11.6 Å². The average Bonchev–Trinajstić information content (AvgIpc) is 2.96. The zero-order valence-corrected chi connectivity index (χ0v) is 12.2. The van der Waals surface area contributed by atoms with Gasteiger partial charge >= 0.3 is 0 Å². The second-order valence-corrected chi connectivity index (χ2v) is 4.94. The van der Waals surface area contributed by atoms with Crippen LogP contribution in [0.15, 0.2) is 47.2 Å². The molecule has 0 unspecified atom stereocenters. The van der Waals surface area contributed by atoms with Crippen LogP contribution in [0.4, 0.5) is 5.69 Å². The molecule has 6 heteroatoms. The highest BCUT2D eigenvalue weighted by Gasteiger charge is 2.11. The molecular weight excluding hydrogens is 280 g/mol. The number of amides is 1. The predicted octanol–water partition coefficient (Wildman–Crippen LogP) is 3.00. The minimum atomic E-state index is -0.358. The van der Waals surface area contributed by atoms with Crippen LogP contribution in [0.3, 0.4) is 0 Å². The van der Waals surface area contributed by atoms with Crippen LogP contribution in [0, 0.1) is 13.8 Å². The molecule has 110 valence electrons. The largest absolute Gasteiger partial charge is 0.361 e. The summed E-state index contributed by atoms with van der Waals surface area (Å²) in [7, 11) is 0. The molecule has 2 heterocycles. The highest BCUT2D eigenvalue weighted by atomic mass is 16.5. The molecular formula is C16H14N4O2. The lowest BCUT2D eigenvalue weighted by Crippen LogP contribution is -2.12. The first-order valence-corrected chi connectivity index (χ1v) is 6.75. The van der Waals surface area contributed by atoms with Gasteiger partial charge in [-0.15, -0.1) is 0 Å². The van der Waals surface area contributed by atoms with E-state index in [4.69, 9.17) is 4.52 Å². The number of nitrogens with zero attached hydrogens (tertiary/aromatic N) is 3. The first-order chi connectivity index (χ1) is 10.6. The van der Waals surface area contributed by atoms with Gasteiger partial charge in [0, 0.05) is 11.6 Å². The quantitative estimate of drug-likeness (QED) is 0.803. The monoisotopic (exact) mass is 294 g/mol. The molecule has 0 spiro atoms. The van der Waals surface area contributed by atoms with E-state index in [0.29, 0.717) is 17.3 Å². The smallest absolute Gasteiger partial charge is 0.277 e. The molecule has 0 aliphatic rings. The number of nitrogens with one attached hydrogen (secondary N) is 1. The van der Waals surface area contributed by atoms with Crippen molar-refractivity contribution in [2.45, 2.75) is 13.8 Å². The SMILES string of the molecule is Cc1ccc(-c2ncc(NC(=O)c3cc(C)on3)cn2)cc1. The van der Waals surface area contributed by atoms with Crippen LogP contribution in [0.25, 0.3) is 11.4 Å².